The first-order chi connectivity index (χ1) is 15.8. The van der Waals surface area contributed by atoms with Gasteiger partial charge in [-0.05, 0) is 48.7 Å². The molecule has 6 nitrogen and oxygen atoms in total. The van der Waals surface area contributed by atoms with Crippen molar-refractivity contribution in [2.24, 2.45) is 0 Å². The Morgan fingerprint density at radius 3 is 2.12 bits per heavy atom. The fourth-order valence-electron chi connectivity index (χ4n) is 3.24. The van der Waals surface area contributed by atoms with Gasteiger partial charge in [-0.1, -0.05) is 54.6 Å². The van der Waals surface area contributed by atoms with Crippen molar-refractivity contribution in [3.8, 4) is 0 Å². The third-order valence-corrected chi connectivity index (χ3v) is 6.88. The Kier molecular flexibility index (Phi) is 8.08. The Morgan fingerprint density at radius 1 is 0.879 bits per heavy atom. The largest absolute Gasteiger partial charge is 0.355 e. The number of sulfonamides is 1. The van der Waals surface area contributed by atoms with Gasteiger partial charge in [0, 0.05) is 18.7 Å². The Bertz CT molecular complexity index is 1200. The smallest absolute Gasteiger partial charge is 0.243 e. The van der Waals surface area contributed by atoms with Crippen LogP contribution >= 0.6 is 0 Å². The fourth-order valence-corrected chi connectivity index (χ4v) is 4.62. The molecular weight excluding hydrogens is 443 g/mol. The first-order valence-electron chi connectivity index (χ1n) is 10.4. The van der Waals surface area contributed by atoms with Gasteiger partial charge in [0.25, 0.3) is 0 Å². The summed E-state index contributed by atoms with van der Waals surface area (Å²) >= 11 is 0. The maximum Gasteiger partial charge on any atom is 0.243 e. The van der Waals surface area contributed by atoms with E-state index in [9.17, 15) is 22.4 Å². The van der Waals surface area contributed by atoms with Gasteiger partial charge in [-0.3, -0.25) is 9.59 Å². The number of carbonyl (C=O) groups excluding carboxylic acids is 2. The molecule has 0 atom stereocenters. The number of Topliss-reactive ketones (excluding diaryl/α,β-unsaturated/α-hetero) is 1. The molecule has 0 radical (unpaired) electrons. The van der Waals surface area contributed by atoms with Gasteiger partial charge in [0.15, 0.2) is 5.78 Å². The summed E-state index contributed by atoms with van der Waals surface area (Å²) in [6, 6.07) is 20.6. The zero-order valence-corrected chi connectivity index (χ0v) is 19.0. The summed E-state index contributed by atoms with van der Waals surface area (Å²) in [6.45, 7) is 1.25. The Hall–Kier alpha value is -3.36. The molecule has 0 aliphatic rings. The molecule has 0 saturated heterocycles. The summed E-state index contributed by atoms with van der Waals surface area (Å²) in [5.41, 5.74) is 1.98. The number of ketones is 1. The number of benzene rings is 3. The van der Waals surface area contributed by atoms with Gasteiger partial charge in [0.2, 0.25) is 15.9 Å². The van der Waals surface area contributed by atoms with Crippen molar-refractivity contribution in [3.05, 3.63) is 101 Å². The van der Waals surface area contributed by atoms with Crippen molar-refractivity contribution in [1.29, 1.82) is 0 Å². The third-order valence-electron chi connectivity index (χ3n) is 5.07. The molecular formula is C25H25FN2O4S. The monoisotopic (exact) mass is 468 g/mol. The van der Waals surface area contributed by atoms with Crippen LogP contribution in [0.25, 0.3) is 0 Å². The van der Waals surface area contributed by atoms with Crippen molar-refractivity contribution in [2.45, 2.75) is 24.8 Å². The molecule has 0 aromatic heterocycles. The van der Waals surface area contributed by atoms with Crippen molar-refractivity contribution in [3.63, 3.8) is 0 Å². The van der Waals surface area contributed by atoms with E-state index >= 15 is 0 Å². The minimum absolute atomic E-state index is 0.0355. The van der Waals surface area contributed by atoms with Gasteiger partial charge in [-0.2, -0.15) is 4.31 Å². The average Bonchev–Trinajstić information content (AvgIpc) is 2.81. The van der Waals surface area contributed by atoms with E-state index in [1.807, 2.05) is 30.3 Å². The molecule has 33 heavy (non-hydrogen) atoms. The second kappa shape index (κ2) is 11.0. The van der Waals surface area contributed by atoms with Crippen LogP contribution in [0.2, 0.25) is 0 Å². The molecule has 0 aliphatic carbocycles. The molecule has 3 aromatic carbocycles. The van der Waals surface area contributed by atoms with E-state index in [2.05, 4.69) is 5.32 Å². The molecule has 0 saturated carbocycles. The first-order valence-corrected chi connectivity index (χ1v) is 11.9. The molecule has 0 heterocycles. The zero-order valence-electron chi connectivity index (χ0n) is 18.2. The van der Waals surface area contributed by atoms with E-state index in [0.717, 1.165) is 9.87 Å². The van der Waals surface area contributed by atoms with E-state index < -0.39 is 28.3 Å². The molecule has 0 aliphatic heterocycles. The molecule has 172 valence electrons. The van der Waals surface area contributed by atoms with Gasteiger partial charge in [-0.25, -0.2) is 12.8 Å². The van der Waals surface area contributed by atoms with Gasteiger partial charge < -0.3 is 5.32 Å². The van der Waals surface area contributed by atoms with Crippen LogP contribution in [0.3, 0.4) is 0 Å². The number of amides is 1. The summed E-state index contributed by atoms with van der Waals surface area (Å²) in [6.07, 6.45) is 0.615. The van der Waals surface area contributed by atoms with Crippen LogP contribution in [0, 0.1) is 5.82 Å². The topological polar surface area (TPSA) is 83.6 Å². The van der Waals surface area contributed by atoms with Crippen LogP contribution in [-0.4, -0.2) is 37.5 Å². The van der Waals surface area contributed by atoms with Crippen LogP contribution in [0.15, 0.2) is 83.8 Å². The number of carbonyl (C=O) groups is 2. The number of halogens is 1. The highest BCUT2D eigenvalue weighted by Crippen LogP contribution is 2.19. The van der Waals surface area contributed by atoms with Crippen molar-refractivity contribution in [2.75, 3.05) is 13.1 Å². The van der Waals surface area contributed by atoms with Crippen LogP contribution in [0.1, 0.15) is 28.4 Å². The third kappa shape index (κ3) is 6.81. The second-order valence-corrected chi connectivity index (χ2v) is 9.50. The lowest BCUT2D eigenvalue weighted by atomic mass is 10.1. The van der Waals surface area contributed by atoms with E-state index in [-0.39, 0.29) is 17.2 Å². The van der Waals surface area contributed by atoms with E-state index in [1.165, 1.54) is 55.5 Å². The highest BCUT2D eigenvalue weighted by molar-refractivity contribution is 7.89. The number of hydrogen-bond acceptors (Lipinski definition) is 4. The lowest BCUT2D eigenvalue weighted by molar-refractivity contribution is -0.121. The minimum Gasteiger partial charge on any atom is -0.355 e. The van der Waals surface area contributed by atoms with E-state index in [0.29, 0.717) is 24.1 Å². The Balaban J connectivity index is 1.76. The van der Waals surface area contributed by atoms with Gasteiger partial charge >= 0.3 is 0 Å². The summed E-state index contributed by atoms with van der Waals surface area (Å²) < 4.78 is 40.9. The number of nitrogens with zero attached hydrogens (tertiary/aromatic N) is 1. The number of rotatable bonds is 10. The molecule has 3 rings (SSSR count). The molecule has 8 heteroatoms. The number of hydrogen-bond donors (Lipinski definition) is 1. The van der Waals surface area contributed by atoms with Gasteiger partial charge in [-0.15, -0.1) is 0 Å². The Morgan fingerprint density at radius 2 is 1.52 bits per heavy atom. The molecule has 0 fully saturated rings. The average molecular weight is 469 g/mol. The van der Waals surface area contributed by atoms with Crippen molar-refractivity contribution in [1.82, 2.24) is 9.62 Å². The lowest BCUT2D eigenvalue weighted by Crippen LogP contribution is -2.40. The maximum atomic E-state index is 13.3. The van der Waals surface area contributed by atoms with Crippen molar-refractivity contribution < 1.29 is 22.4 Å². The summed E-state index contributed by atoms with van der Waals surface area (Å²) in [7, 11) is -4.06. The molecule has 1 N–H and O–H groups in total. The predicted octanol–water partition coefficient (Wildman–Crippen LogP) is 3.58. The Labute approximate surface area is 193 Å². The predicted molar refractivity (Wildman–Crippen MR) is 124 cm³/mol. The zero-order chi connectivity index (χ0) is 23.8. The fraction of sp³-hybridized carbons (Fsp3) is 0.200. The molecule has 0 spiro atoms. The summed E-state index contributed by atoms with van der Waals surface area (Å²) in [5.74, 6) is -1.07. The number of nitrogens with one attached hydrogen (secondary N) is 1. The highest BCUT2D eigenvalue weighted by Gasteiger charge is 2.27. The lowest BCUT2D eigenvalue weighted by Gasteiger charge is -2.22. The van der Waals surface area contributed by atoms with Crippen LogP contribution in [0.5, 0.6) is 0 Å². The molecule has 0 unspecified atom stereocenters. The quantitative estimate of drug-likeness (QED) is 0.461. The van der Waals surface area contributed by atoms with Crippen molar-refractivity contribution >= 4 is 21.7 Å². The molecule has 3 aromatic rings. The van der Waals surface area contributed by atoms with E-state index in [4.69, 9.17) is 0 Å². The SMILES string of the molecule is CC(=O)c1ccc(S(=O)(=O)N(CC(=O)NCCc2ccccc2)Cc2ccc(F)cc2)cc1. The highest BCUT2D eigenvalue weighted by atomic mass is 32.2. The van der Waals surface area contributed by atoms with Crippen LogP contribution < -0.4 is 5.32 Å². The van der Waals surface area contributed by atoms with Gasteiger partial charge in [0.1, 0.15) is 5.82 Å². The van der Waals surface area contributed by atoms with Crippen LogP contribution in [-0.2, 0) is 27.8 Å². The van der Waals surface area contributed by atoms with E-state index in [1.54, 1.807) is 0 Å². The van der Waals surface area contributed by atoms with Crippen LogP contribution in [0.4, 0.5) is 4.39 Å². The second-order valence-electron chi connectivity index (χ2n) is 7.57. The summed E-state index contributed by atoms with van der Waals surface area (Å²) in [5, 5.41) is 2.75. The first kappa shape index (κ1) is 24.3. The minimum atomic E-state index is -4.06. The standard InChI is InChI=1S/C25H25FN2O4S/c1-19(29)22-9-13-24(14-10-22)33(31,32)28(17-21-7-11-23(26)12-8-21)18-25(30)27-16-15-20-5-3-2-4-6-20/h2-14H,15-18H2,1H3,(H,27,30). The molecule has 1 amide bonds. The molecule has 0 bridgehead atoms. The maximum absolute atomic E-state index is 13.3. The summed E-state index contributed by atoms with van der Waals surface area (Å²) in [4.78, 5) is 24.1. The normalized spacial score (nSPS) is 11.4. The van der Waals surface area contributed by atoms with Gasteiger partial charge in [0.05, 0.1) is 11.4 Å².